The van der Waals surface area contributed by atoms with E-state index in [2.05, 4.69) is 5.32 Å². The van der Waals surface area contributed by atoms with Crippen LogP contribution < -0.4 is 5.32 Å². The molecule has 6 nitrogen and oxygen atoms in total. The Bertz CT molecular complexity index is 848. The van der Waals surface area contributed by atoms with Crippen LogP contribution >= 0.6 is 0 Å². The van der Waals surface area contributed by atoms with Gasteiger partial charge in [0.15, 0.2) is 0 Å². The first-order valence-corrected chi connectivity index (χ1v) is 8.88. The Labute approximate surface area is 157 Å². The maximum Gasteiger partial charge on any atom is 0.335 e. The molecule has 2 aromatic carbocycles. The minimum atomic E-state index is -1.01. The van der Waals surface area contributed by atoms with Crippen LogP contribution in [0.3, 0.4) is 0 Å². The van der Waals surface area contributed by atoms with Crippen molar-refractivity contribution in [1.29, 1.82) is 0 Å². The highest BCUT2D eigenvalue weighted by Crippen LogP contribution is 2.31. The molecule has 0 saturated carbocycles. The van der Waals surface area contributed by atoms with Crippen LogP contribution in [0.4, 0.5) is 5.69 Å². The molecule has 1 aliphatic heterocycles. The molecule has 27 heavy (non-hydrogen) atoms. The Morgan fingerprint density at radius 3 is 2.30 bits per heavy atom. The van der Waals surface area contributed by atoms with Crippen LogP contribution in [0.1, 0.15) is 40.5 Å². The second-order valence-corrected chi connectivity index (χ2v) is 7.09. The number of nitrogens with one attached hydrogen (secondary N) is 1. The fourth-order valence-corrected chi connectivity index (χ4v) is 3.34. The molecule has 1 unspecified atom stereocenters. The molecule has 0 aliphatic carbocycles. The number of likely N-dealkylation sites (tertiary alicyclic amines) is 1. The summed E-state index contributed by atoms with van der Waals surface area (Å²) in [5.74, 6) is -1.25. The minimum Gasteiger partial charge on any atom is -0.478 e. The molecular weight excluding hydrogens is 344 g/mol. The highest BCUT2D eigenvalue weighted by atomic mass is 16.4. The third-order valence-corrected chi connectivity index (χ3v) is 4.94. The summed E-state index contributed by atoms with van der Waals surface area (Å²) in [4.78, 5) is 38.2. The van der Waals surface area contributed by atoms with Gasteiger partial charge in [-0.15, -0.1) is 0 Å². The molecule has 1 saturated heterocycles. The van der Waals surface area contributed by atoms with Gasteiger partial charge in [0, 0.05) is 24.3 Å². The highest BCUT2D eigenvalue weighted by molar-refractivity contribution is 5.98. The molecule has 1 heterocycles. The molecule has 2 amide bonds. The number of carbonyl (C=O) groups is 3. The van der Waals surface area contributed by atoms with Gasteiger partial charge in [-0.1, -0.05) is 18.2 Å². The Morgan fingerprint density at radius 1 is 1.00 bits per heavy atom. The molecular formula is C21H22N2O4. The maximum absolute atomic E-state index is 12.8. The van der Waals surface area contributed by atoms with E-state index in [4.69, 9.17) is 5.11 Å². The van der Waals surface area contributed by atoms with Crippen LogP contribution in [0.15, 0.2) is 54.6 Å². The molecule has 1 aliphatic rings. The van der Waals surface area contributed by atoms with Gasteiger partial charge < -0.3 is 15.3 Å². The van der Waals surface area contributed by atoms with Crippen molar-refractivity contribution in [1.82, 2.24) is 4.90 Å². The summed E-state index contributed by atoms with van der Waals surface area (Å²) in [6.07, 6.45) is 1.44. The SMILES string of the molecule is CC1(C(=O)Nc2ccc(C(=O)O)cc2)CCCN(C(=O)c2ccccc2)C1. The summed E-state index contributed by atoms with van der Waals surface area (Å²) in [5, 5.41) is 11.8. The lowest BCUT2D eigenvalue weighted by Gasteiger charge is -2.39. The van der Waals surface area contributed by atoms with Crippen molar-refractivity contribution in [3.8, 4) is 0 Å². The fraction of sp³-hybridized carbons (Fsp3) is 0.286. The van der Waals surface area contributed by atoms with Gasteiger partial charge in [0.2, 0.25) is 5.91 Å². The number of amides is 2. The summed E-state index contributed by atoms with van der Waals surface area (Å²) in [7, 11) is 0. The standard InChI is InChI=1S/C21H22N2O4/c1-21(20(27)22-17-10-8-16(9-11-17)19(25)26)12-5-13-23(14-21)18(24)15-6-3-2-4-7-15/h2-4,6-11H,5,12-14H2,1H3,(H,22,27)(H,25,26). The number of anilines is 1. The van der Waals surface area contributed by atoms with Crippen molar-refractivity contribution in [2.24, 2.45) is 5.41 Å². The Balaban J connectivity index is 1.70. The highest BCUT2D eigenvalue weighted by Gasteiger charge is 2.39. The average molecular weight is 366 g/mol. The summed E-state index contributed by atoms with van der Waals surface area (Å²) >= 11 is 0. The van der Waals surface area contributed by atoms with Gasteiger partial charge in [-0.25, -0.2) is 4.79 Å². The first-order chi connectivity index (χ1) is 12.9. The van der Waals surface area contributed by atoms with Gasteiger partial charge in [0.25, 0.3) is 5.91 Å². The third kappa shape index (κ3) is 4.16. The molecule has 3 rings (SSSR count). The van der Waals surface area contributed by atoms with Crippen LogP contribution in [-0.4, -0.2) is 40.9 Å². The topological polar surface area (TPSA) is 86.7 Å². The van der Waals surface area contributed by atoms with Crippen molar-refractivity contribution < 1.29 is 19.5 Å². The number of rotatable bonds is 4. The van der Waals surface area contributed by atoms with Crippen LogP contribution in [0, 0.1) is 5.41 Å². The van der Waals surface area contributed by atoms with E-state index < -0.39 is 11.4 Å². The summed E-state index contributed by atoms with van der Waals surface area (Å²) in [6.45, 7) is 2.84. The average Bonchev–Trinajstić information content (AvgIpc) is 2.68. The zero-order valence-corrected chi connectivity index (χ0v) is 15.1. The van der Waals surface area contributed by atoms with E-state index in [9.17, 15) is 14.4 Å². The Hall–Kier alpha value is -3.15. The number of carboxylic acids is 1. The molecule has 0 aromatic heterocycles. The Morgan fingerprint density at radius 2 is 1.67 bits per heavy atom. The lowest BCUT2D eigenvalue weighted by Crippen LogP contribution is -2.50. The van der Waals surface area contributed by atoms with Crippen molar-refractivity contribution in [3.05, 3.63) is 65.7 Å². The molecule has 0 spiro atoms. The third-order valence-electron chi connectivity index (χ3n) is 4.94. The van der Waals surface area contributed by atoms with E-state index in [1.165, 1.54) is 12.1 Å². The van der Waals surface area contributed by atoms with Crippen LogP contribution in [0.2, 0.25) is 0 Å². The molecule has 0 radical (unpaired) electrons. The number of carboxylic acid groups (broad SMARTS) is 1. The van der Waals surface area contributed by atoms with E-state index in [1.807, 2.05) is 25.1 Å². The first kappa shape index (κ1) is 18.6. The molecule has 2 aromatic rings. The monoisotopic (exact) mass is 366 g/mol. The van der Waals surface area contributed by atoms with Crippen molar-refractivity contribution >= 4 is 23.5 Å². The predicted molar refractivity (Wildman–Crippen MR) is 102 cm³/mol. The minimum absolute atomic E-state index is 0.0693. The van der Waals surface area contributed by atoms with E-state index in [0.717, 1.165) is 6.42 Å². The number of benzene rings is 2. The zero-order chi connectivity index (χ0) is 19.4. The van der Waals surface area contributed by atoms with Gasteiger partial charge >= 0.3 is 5.97 Å². The summed E-state index contributed by atoms with van der Waals surface area (Å²) < 4.78 is 0. The summed E-state index contributed by atoms with van der Waals surface area (Å²) in [6, 6.07) is 15.1. The molecule has 0 bridgehead atoms. The van der Waals surface area contributed by atoms with Crippen molar-refractivity contribution in [2.45, 2.75) is 19.8 Å². The lowest BCUT2D eigenvalue weighted by atomic mass is 9.80. The number of hydrogen-bond acceptors (Lipinski definition) is 3. The molecule has 1 atom stereocenters. The van der Waals surface area contributed by atoms with E-state index in [-0.39, 0.29) is 17.4 Å². The zero-order valence-electron chi connectivity index (χ0n) is 15.1. The van der Waals surface area contributed by atoms with Crippen LogP contribution in [-0.2, 0) is 4.79 Å². The molecule has 2 N–H and O–H groups in total. The molecule has 1 fully saturated rings. The molecule has 140 valence electrons. The van der Waals surface area contributed by atoms with Crippen LogP contribution in [0.5, 0.6) is 0 Å². The normalized spacial score (nSPS) is 19.4. The van der Waals surface area contributed by atoms with Gasteiger partial charge in [0.1, 0.15) is 0 Å². The van der Waals surface area contributed by atoms with Gasteiger partial charge in [0.05, 0.1) is 11.0 Å². The quantitative estimate of drug-likeness (QED) is 0.869. The number of nitrogens with zero attached hydrogens (tertiary/aromatic N) is 1. The number of carbonyl (C=O) groups excluding carboxylic acids is 2. The van der Waals surface area contributed by atoms with E-state index in [0.29, 0.717) is 30.8 Å². The number of aromatic carboxylic acids is 1. The van der Waals surface area contributed by atoms with Crippen LogP contribution in [0.25, 0.3) is 0 Å². The smallest absolute Gasteiger partial charge is 0.335 e. The fourth-order valence-electron chi connectivity index (χ4n) is 3.34. The molecule has 6 heteroatoms. The lowest BCUT2D eigenvalue weighted by molar-refractivity contribution is -0.127. The van der Waals surface area contributed by atoms with Gasteiger partial charge in [-0.05, 0) is 56.2 Å². The van der Waals surface area contributed by atoms with E-state index in [1.54, 1.807) is 29.2 Å². The maximum atomic E-state index is 12.8. The first-order valence-electron chi connectivity index (χ1n) is 8.88. The van der Waals surface area contributed by atoms with Gasteiger partial charge in [-0.3, -0.25) is 9.59 Å². The van der Waals surface area contributed by atoms with Gasteiger partial charge in [-0.2, -0.15) is 0 Å². The number of hydrogen-bond donors (Lipinski definition) is 2. The Kier molecular flexibility index (Phi) is 5.26. The summed E-state index contributed by atoms with van der Waals surface area (Å²) in [5.41, 5.74) is 0.620. The predicted octanol–water partition coefficient (Wildman–Crippen LogP) is 3.27. The second-order valence-electron chi connectivity index (χ2n) is 7.09. The second kappa shape index (κ2) is 7.61. The van der Waals surface area contributed by atoms with Crippen molar-refractivity contribution in [2.75, 3.05) is 18.4 Å². The van der Waals surface area contributed by atoms with E-state index >= 15 is 0 Å². The van der Waals surface area contributed by atoms with Crippen molar-refractivity contribution in [3.63, 3.8) is 0 Å². The largest absolute Gasteiger partial charge is 0.478 e. The number of piperidine rings is 1.